The van der Waals surface area contributed by atoms with Crippen molar-refractivity contribution in [1.82, 2.24) is 0 Å². The van der Waals surface area contributed by atoms with Gasteiger partial charge >= 0.3 is 0 Å². The second kappa shape index (κ2) is 4.99. The Balaban J connectivity index is 2.07. The van der Waals surface area contributed by atoms with E-state index in [1.54, 1.807) is 0 Å². The molecular formula is C11H15NS2. The molecule has 14 heavy (non-hydrogen) atoms. The van der Waals surface area contributed by atoms with Gasteiger partial charge in [-0.05, 0) is 30.6 Å². The van der Waals surface area contributed by atoms with Gasteiger partial charge in [0.05, 0.1) is 0 Å². The van der Waals surface area contributed by atoms with E-state index in [-0.39, 0.29) is 0 Å². The van der Waals surface area contributed by atoms with Crippen LogP contribution in [0.15, 0.2) is 29.2 Å². The molecule has 1 aliphatic heterocycles. The Hall–Kier alpha value is -0.280. The SMILES string of the molecule is CSc1ccccc1NC1CCSC1. The summed E-state index contributed by atoms with van der Waals surface area (Å²) in [5, 5.41) is 3.62. The molecule has 0 radical (unpaired) electrons. The largest absolute Gasteiger partial charge is 0.381 e. The predicted octanol–water partition coefficient (Wildman–Crippen LogP) is 3.33. The van der Waals surface area contributed by atoms with Crippen LogP contribution in [0.5, 0.6) is 0 Å². The van der Waals surface area contributed by atoms with Gasteiger partial charge in [0.1, 0.15) is 0 Å². The molecule has 0 aliphatic carbocycles. The summed E-state index contributed by atoms with van der Waals surface area (Å²) in [7, 11) is 0. The Labute approximate surface area is 94.0 Å². The van der Waals surface area contributed by atoms with Crippen molar-refractivity contribution in [1.29, 1.82) is 0 Å². The maximum absolute atomic E-state index is 3.62. The number of thioether (sulfide) groups is 2. The summed E-state index contributed by atoms with van der Waals surface area (Å²) in [6.07, 6.45) is 3.43. The smallest absolute Gasteiger partial charge is 0.0480 e. The summed E-state index contributed by atoms with van der Waals surface area (Å²) in [5.74, 6) is 2.56. The number of benzene rings is 1. The molecule has 0 saturated carbocycles. The van der Waals surface area contributed by atoms with Crippen LogP contribution in [0.1, 0.15) is 6.42 Å². The molecule has 0 spiro atoms. The van der Waals surface area contributed by atoms with Crippen LogP contribution in [0.2, 0.25) is 0 Å². The Kier molecular flexibility index (Phi) is 3.65. The first kappa shape index (κ1) is 10.2. The molecule has 76 valence electrons. The third kappa shape index (κ3) is 2.39. The minimum absolute atomic E-state index is 0.674. The van der Waals surface area contributed by atoms with Gasteiger partial charge in [-0.2, -0.15) is 11.8 Å². The van der Waals surface area contributed by atoms with Crippen LogP contribution in [0.4, 0.5) is 5.69 Å². The molecule has 1 aromatic rings. The lowest BCUT2D eigenvalue weighted by atomic mass is 10.2. The van der Waals surface area contributed by atoms with Crippen LogP contribution in [-0.2, 0) is 0 Å². The van der Waals surface area contributed by atoms with E-state index in [2.05, 4.69) is 35.8 Å². The minimum atomic E-state index is 0.674. The van der Waals surface area contributed by atoms with E-state index in [0.717, 1.165) is 0 Å². The van der Waals surface area contributed by atoms with Gasteiger partial charge in [-0.1, -0.05) is 12.1 Å². The number of rotatable bonds is 3. The van der Waals surface area contributed by atoms with Gasteiger partial charge in [0.25, 0.3) is 0 Å². The van der Waals surface area contributed by atoms with Crippen LogP contribution in [0.25, 0.3) is 0 Å². The van der Waals surface area contributed by atoms with E-state index in [0.29, 0.717) is 6.04 Å². The van der Waals surface area contributed by atoms with Gasteiger partial charge in [0.2, 0.25) is 0 Å². The van der Waals surface area contributed by atoms with Crippen molar-refractivity contribution >= 4 is 29.2 Å². The summed E-state index contributed by atoms with van der Waals surface area (Å²) in [6.45, 7) is 0. The maximum atomic E-state index is 3.62. The highest BCUT2D eigenvalue weighted by Crippen LogP contribution is 2.28. The van der Waals surface area contributed by atoms with Crippen molar-refractivity contribution < 1.29 is 0 Å². The van der Waals surface area contributed by atoms with Crippen molar-refractivity contribution in [2.75, 3.05) is 23.1 Å². The Morgan fingerprint density at radius 2 is 2.29 bits per heavy atom. The molecule has 0 aromatic heterocycles. The zero-order chi connectivity index (χ0) is 9.80. The number of anilines is 1. The van der Waals surface area contributed by atoms with Crippen molar-refractivity contribution in [2.45, 2.75) is 17.4 Å². The summed E-state index contributed by atoms with van der Waals surface area (Å²) < 4.78 is 0. The van der Waals surface area contributed by atoms with Gasteiger partial charge in [-0.15, -0.1) is 11.8 Å². The van der Waals surface area contributed by atoms with E-state index in [9.17, 15) is 0 Å². The van der Waals surface area contributed by atoms with Crippen LogP contribution in [0, 0.1) is 0 Å². The highest BCUT2D eigenvalue weighted by Gasteiger charge is 2.15. The molecule has 1 N–H and O–H groups in total. The van der Waals surface area contributed by atoms with Crippen molar-refractivity contribution in [2.24, 2.45) is 0 Å². The zero-order valence-electron chi connectivity index (χ0n) is 8.32. The van der Waals surface area contributed by atoms with Gasteiger partial charge in [-0.3, -0.25) is 0 Å². The third-order valence-corrected chi connectivity index (χ3v) is 4.35. The Morgan fingerprint density at radius 3 is 3.00 bits per heavy atom. The number of hydrogen-bond acceptors (Lipinski definition) is 3. The highest BCUT2D eigenvalue weighted by atomic mass is 32.2. The molecule has 1 heterocycles. The molecule has 1 fully saturated rings. The summed E-state index contributed by atoms with van der Waals surface area (Å²) in [4.78, 5) is 1.35. The standard InChI is InChI=1S/C11H15NS2/c1-13-11-5-3-2-4-10(11)12-9-6-7-14-8-9/h2-5,9,12H,6-8H2,1H3. The monoisotopic (exact) mass is 225 g/mol. The van der Waals surface area contributed by atoms with Crippen molar-refractivity contribution in [3.05, 3.63) is 24.3 Å². The Bertz CT molecular complexity index is 295. The first-order chi connectivity index (χ1) is 6.90. The maximum Gasteiger partial charge on any atom is 0.0480 e. The minimum Gasteiger partial charge on any atom is -0.381 e. The second-order valence-electron chi connectivity index (χ2n) is 3.41. The van der Waals surface area contributed by atoms with E-state index < -0.39 is 0 Å². The van der Waals surface area contributed by atoms with Gasteiger partial charge in [0, 0.05) is 22.4 Å². The molecule has 1 aromatic carbocycles. The normalized spacial score (nSPS) is 21.1. The lowest BCUT2D eigenvalue weighted by molar-refractivity contribution is 0.810. The fourth-order valence-electron chi connectivity index (χ4n) is 1.63. The lowest BCUT2D eigenvalue weighted by Crippen LogP contribution is -2.18. The van der Waals surface area contributed by atoms with E-state index in [1.807, 2.05) is 23.5 Å². The molecule has 0 amide bonds. The first-order valence-corrected chi connectivity index (χ1v) is 7.25. The molecular weight excluding hydrogens is 210 g/mol. The van der Waals surface area contributed by atoms with Gasteiger partial charge < -0.3 is 5.32 Å². The predicted molar refractivity (Wildman–Crippen MR) is 67.6 cm³/mol. The summed E-state index contributed by atoms with van der Waals surface area (Å²) in [6, 6.07) is 9.22. The first-order valence-electron chi connectivity index (χ1n) is 4.87. The second-order valence-corrected chi connectivity index (χ2v) is 5.40. The molecule has 1 aliphatic rings. The van der Waals surface area contributed by atoms with Gasteiger partial charge in [0.15, 0.2) is 0 Å². The van der Waals surface area contributed by atoms with Crippen molar-refractivity contribution in [3.8, 4) is 0 Å². The Morgan fingerprint density at radius 1 is 1.43 bits per heavy atom. The molecule has 1 unspecified atom stereocenters. The van der Waals surface area contributed by atoms with E-state index in [4.69, 9.17) is 0 Å². The molecule has 1 atom stereocenters. The average molecular weight is 225 g/mol. The number of hydrogen-bond donors (Lipinski definition) is 1. The van der Waals surface area contributed by atoms with E-state index in [1.165, 1.54) is 28.5 Å². The van der Waals surface area contributed by atoms with E-state index >= 15 is 0 Å². The highest BCUT2D eigenvalue weighted by molar-refractivity contribution is 7.99. The summed E-state index contributed by atoms with van der Waals surface area (Å²) >= 11 is 3.86. The fourth-order valence-corrected chi connectivity index (χ4v) is 3.35. The van der Waals surface area contributed by atoms with Gasteiger partial charge in [-0.25, -0.2) is 0 Å². The van der Waals surface area contributed by atoms with Crippen LogP contribution >= 0.6 is 23.5 Å². The zero-order valence-corrected chi connectivity index (χ0v) is 9.96. The number of nitrogens with one attached hydrogen (secondary N) is 1. The number of para-hydroxylation sites is 1. The third-order valence-electron chi connectivity index (χ3n) is 2.40. The lowest BCUT2D eigenvalue weighted by Gasteiger charge is -2.15. The molecule has 2 rings (SSSR count). The topological polar surface area (TPSA) is 12.0 Å². The van der Waals surface area contributed by atoms with Crippen LogP contribution in [-0.4, -0.2) is 23.8 Å². The molecule has 3 heteroatoms. The summed E-state index contributed by atoms with van der Waals surface area (Å²) in [5.41, 5.74) is 1.30. The van der Waals surface area contributed by atoms with Crippen LogP contribution < -0.4 is 5.32 Å². The average Bonchev–Trinajstić information content (AvgIpc) is 2.71. The quantitative estimate of drug-likeness (QED) is 0.793. The molecule has 1 saturated heterocycles. The van der Waals surface area contributed by atoms with Crippen molar-refractivity contribution in [3.63, 3.8) is 0 Å². The molecule has 1 nitrogen and oxygen atoms in total. The molecule has 0 bridgehead atoms. The van der Waals surface area contributed by atoms with Crippen LogP contribution in [0.3, 0.4) is 0 Å². The fraction of sp³-hybridized carbons (Fsp3) is 0.455.